The van der Waals surface area contributed by atoms with Crippen LogP contribution in [0.5, 0.6) is 0 Å². The maximum atomic E-state index is 11.2. The molecular formula is C7H17NOS. The van der Waals surface area contributed by atoms with Gasteiger partial charge in [0.1, 0.15) is 0 Å². The highest BCUT2D eigenvalue weighted by Crippen LogP contribution is 2.01. The van der Waals surface area contributed by atoms with E-state index in [1.165, 1.54) is 0 Å². The molecule has 0 saturated heterocycles. The zero-order valence-corrected chi connectivity index (χ0v) is 7.62. The molecule has 2 nitrogen and oxygen atoms in total. The predicted octanol–water partition coefficient (Wildman–Crippen LogP) is 0.882. The average Bonchev–Trinajstić information content (AvgIpc) is 1.98. The summed E-state index contributed by atoms with van der Waals surface area (Å²) in [4.78, 5) is 0. The van der Waals surface area contributed by atoms with Crippen molar-refractivity contribution < 1.29 is 4.21 Å². The average molecular weight is 163 g/mol. The molecule has 2 atom stereocenters. The molecule has 0 bridgehead atoms. The van der Waals surface area contributed by atoms with Crippen LogP contribution in [-0.4, -0.2) is 21.8 Å². The van der Waals surface area contributed by atoms with Crippen molar-refractivity contribution in [2.24, 2.45) is 5.73 Å². The molecule has 3 heteroatoms. The highest BCUT2D eigenvalue weighted by atomic mass is 32.2. The van der Waals surface area contributed by atoms with Crippen LogP contribution in [0.2, 0.25) is 0 Å². The van der Waals surface area contributed by atoms with Gasteiger partial charge in [-0.15, -0.1) is 0 Å². The molecule has 0 aromatic heterocycles. The first-order chi connectivity index (χ1) is 4.72. The first-order valence-corrected chi connectivity index (χ1v) is 5.17. The zero-order chi connectivity index (χ0) is 7.98. The van der Waals surface area contributed by atoms with Gasteiger partial charge in [-0.2, -0.15) is 0 Å². The third kappa shape index (κ3) is 4.01. The third-order valence-corrected chi connectivity index (χ3v) is 3.50. The van der Waals surface area contributed by atoms with E-state index in [4.69, 9.17) is 5.73 Å². The standard InChI is InChI=1S/C7H17NOS/c1-3-7(2)10(9)6-4-5-8/h7H,3-6,8H2,1-2H3. The SMILES string of the molecule is CCC(C)S(=O)CCCN. The molecule has 0 amide bonds. The van der Waals surface area contributed by atoms with Gasteiger partial charge in [0, 0.05) is 21.8 Å². The summed E-state index contributed by atoms with van der Waals surface area (Å²) in [7, 11) is -0.645. The summed E-state index contributed by atoms with van der Waals surface area (Å²) >= 11 is 0. The van der Waals surface area contributed by atoms with E-state index in [0.29, 0.717) is 11.8 Å². The van der Waals surface area contributed by atoms with Gasteiger partial charge in [0.25, 0.3) is 0 Å². The van der Waals surface area contributed by atoms with E-state index in [1.54, 1.807) is 0 Å². The molecule has 62 valence electrons. The van der Waals surface area contributed by atoms with Gasteiger partial charge in [-0.25, -0.2) is 0 Å². The molecule has 0 rings (SSSR count). The van der Waals surface area contributed by atoms with E-state index in [9.17, 15) is 4.21 Å². The first-order valence-electron chi connectivity index (χ1n) is 3.79. The van der Waals surface area contributed by atoms with Crippen LogP contribution in [0.4, 0.5) is 0 Å². The first kappa shape index (κ1) is 10.1. The Kier molecular flexibility index (Phi) is 5.93. The van der Waals surface area contributed by atoms with Crippen molar-refractivity contribution in [3.8, 4) is 0 Å². The summed E-state index contributed by atoms with van der Waals surface area (Å²) in [5, 5.41) is 0.339. The summed E-state index contributed by atoms with van der Waals surface area (Å²) in [6.45, 7) is 4.74. The lowest BCUT2D eigenvalue weighted by atomic mass is 10.4. The minimum atomic E-state index is -0.645. The van der Waals surface area contributed by atoms with Crippen molar-refractivity contribution in [2.45, 2.75) is 31.9 Å². The molecule has 0 aromatic carbocycles. The Bertz CT molecular complexity index is 106. The van der Waals surface area contributed by atoms with Crippen molar-refractivity contribution in [3.63, 3.8) is 0 Å². The number of hydrogen-bond acceptors (Lipinski definition) is 2. The normalized spacial score (nSPS) is 16.7. The Morgan fingerprint density at radius 3 is 2.60 bits per heavy atom. The molecule has 0 aliphatic rings. The summed E-state index contributed by atoms with van der Waals surface area (Å²) in [6.07, 6.45) is 1.88. The quantitative estimate of drug-likeness (QED) is 0.654. The number of rotatable bonds is 5. The van der Waals surface area contributed by atoms with Crippen molar-refractivity contribution in [2.75, 3.05) is 12.3 Å². The second-order valence-electron chi connectivity index (χ2n) is 2.45. The Balaban J connectivity index is 3.42. The maximum absolute atomic E-state index is 11.2. The number of hydrogen-bond donors (Lipinski definition) is 1. The minimum Gasteiger partial charge on any atom is -0.330 e. The van der Waals surface area contributed by atoms with Gasteiger partial charge in [0.05, 0.1) is 0 Å². The van der Waals surface area contributed by atoms with Crippen LogP contribution in [0, 0.1) is 0 Å². The van der Waals surface area contributed by atoms with Gasteiger partial charge < -0.3 is 5.73 Å². The summed E-state index contributed by atoms with van der Waals surface area (Å²) < 4.78 is 11.2. The largest absolute Gasteiger partial charge is 0.330 e. The Morgan fingerprint density at radius 2 is 2.20 bits per heavy atom. The summed E-state index contributed by atoms with van der Waals surface area (Å²) in [6, 6.07) is 0. The summed E-state index contributed by atoms with van der Waals surface area (Å²) in [5.41, 5.74) is 5.28. The zero-order valence-electron chi connectivity index (χ0n) is 6.80. The van der Waals surface area contributed by atoms with E-state index in [1.807, 2.05) is 6.92 Å². The Labute approximate surface area is 65.6 Å². The highest BCUT2D eigenvalue weighted by molar-refractivity contribution is 7.85. The van der Waals surface area contributed by atoms with E-state index in [-0.39, 0.29) is 0 Å². The molecular weight excluding hydrogens is 146 g/mol. The van der Waals surface area contributed by atoms with Gasteiger partial charge in [0.2, 0.25) is 0 Å². The van der Waals surface area contributed by atoms with E-state index in [0.717, 1.165) is 18.6 Å². The minimum absolute atomic E-state index is 0.339. The molecule has 2 N–H and O–H groups in total. The lowest BCUT2D eigenvalue weighted by Crippen LogP contribution is -2.15. The molecule has 0 aliphatic carbocycles. The topological polar surface area (TPSA) is 43.1 Å². The van der Waals surface area contributed by atoms with Gasteiger partial charge >= 0.3 is 0 Å². The fraction of sp³-hybridized carbons (Fsp3) is 1.00. The van der Waals surface area contributed by atoms with Crippen molar-refractivity contribution in [3.05, 3.63) is 0 Å². The van der Waals surface area contributed by atoms with E-state index < -0.39 is 10.8 Å². The lowest BCUT2D eigenvalue weighted by Gasteiger charge is -2.06. The van der Waals surface area contributed by atoms with Crippen LogP contribution in [0.1, 0.15) is 26.7 Å². The third-order valence-electron chi connectivity index (χ3n) is 1.57. The fourth-order valence-corrected chi connectivity index (χ4v) is 1.84. The molecule has 0 saturated carbocycles. The molecule has 10 heavy (non-hydrogen) atoms. The number of nitrogens with two attached hydrogens (primary N) is 1. The molecule has 0 spiro atoms. The maximum Gasteiger partial charge on any atom is 0.0317 e. The van der Waals surface area contributed by atoms with E-state index >= 15 is 0 Å². The van der Waals surface area contributed by atoms with Gasteiger partial charge in [-0.3, -0.25) is 4.21 Å². The smallest absolute Gasteiger partial charge is 0.0317 e. The van der Waals surface area contributed by atoms with Gasteiger partial charge in [-0.05, 0) is 19.4 Å². The molecule has 0 aliphatic heterocycles. The second kappa shape index (κ2) is 5.86. The monoisotopic (exact) mass is 163 g/mol. The Hall–Kier alpha value is 0.110. The van der Waals surface area contributed by atoms with Gasteiger partial charge in [-0.1, -0.05) is 13.8 Å². The van der Waals surface area contributed by atoms with Crippen LogP contribution in [0.3, 0.4) is 0 Å². The second-order valence-corrected chi connectivity index (χ2v) is 4.42. The molecule has 2 unspecified atom stereocenters. The Morgan fingerprint density at radius 1 is 1.60 bits per heavy atom. The summed E-state index contributed by atoms with van der Waals surface area (Å²) in [5.74, 6) is 0.769. The van der Waals surface area contributed by atoms with Crippen LogP contribution >= 0.6 is 0 Å². The molecule has 0 radical (unpaired) electrons. The van der Waals surface area contributed by atoms with Crippen LogP contribution in [-0.2, 0) is 10.8 Å². The van der Waals surface area contributed by atoms with Crippen molar-refractivity contribution in [1.29, 1.82) is 0 Å². The highest BCUT2D eigenvalue weighted by Gasteiger charge is 2.06. The molecule has 0 fully saturated rings. The predicted molar refractivity (Wildman–Crippen MR) is 46.4 cm³/mol. The lowest BCUT2D eigenvalue weighted by molar-refractivity contribution is 0.667. The molecule has 0 aromatic rings. The van der Waals surface area contributed by atoms with Crippen molar-refractivity contribution in [1.82, 2.24) is 0 Å². The molecule has 0 heterocycles. The van der Waals surface area contributed by atoms with Crippen LogP contribution in [0.25, 0.3) is 0 Å². The van der Waals surface area contributed by atoms with Crippen LogP contribution < -0.4 is 5.73 Å². The van der Waals surface area contributed by atoms with Gasteiger partial charge in [0.15, 0.2) is 0 Å². The van der Waals surface area contributed by atoms with Crippen molar-refractivity contribution >= 4 is 10.8 Å². The fourth-order valence-electron chi connectivity index (χ4n) is 0.613. The van der Waals surface area contributed by atoms with E-state index in [2.05, 4.69) is 6.92 Å². The van der Waals surface area contributed by atoms with Crippen LogP contribution in [0.15, 0.2) is 0 Å².